The molecule has 1 atom stereocenters. The van der Waals surface area contributed by atoms with Crippen LogP contribution in [0.3, 0.4) is 0 Å². The molecule has 1 heterocycles. The topological polar surface area (TPSA) is 66.8 Å². The lowest BCUT2D eigenvalue weighted by Gasteiger charge is -2.23. The van der Waals surface area contributed by atoms with Gasteiger partial charge < -0.3 is 9.84 Å². The first-order valence-electron chi connectivity index (χ1n) is 4.54. The number of likely N-dealkylation sites (tertiary alicyclic amines) is 1. The monoisotopic (exact) mass is 201 g/mol. The van der Waals surface area contributed by atoms with Crippen LogP contribution in [0.1, 0.15) is 27.2 Å². The lowest BCUT2D eigenvalue weighted by atomic mass is 10.2. The van der Waals surface area contributed by atoms with Gasteiger partial charge in [-0.1, -0.05) is 0 Å². The van der Waals surface area contributed by atoms with Gasteiger partial charge in [-0.3, -0.25) is 4.79 Å². The van der Waals surface area contributed by atoms with Gasteiger partial charge in [0.25, 0.3) is 5.91 Å². The Kier molecular flexibility index (Phi) is 2.80. The van der Waals surface area contributed by atoms with E-state index in [1.807, 2.05) is 0 Å². The molecular weight excluding hydrogens is 186 g/mol. The average molecular weight is 201 g/mol. The summed E-state index contributed by atoms with van der Waals surface area (Å²) < 4.78 is 5.00. The predicted molar refractivity (Wildman–Crippen MR) is 48.6 cm³/mol. The van der Waals surface area contributed by atoms with E-state index in [-0.39, 0.29) is 13.0 Å². The number of rotatable bonds is 0. The molecule has 0 radical (unpaired) electrons. The highest BCUT2D eigenvalue weighted by atomic mass is 16.6. The molecule has 0 aromatic heterocycles. The summed E-state index contributed by atoms with van der Waals surface area (Å²) in [5.74, 6) is -0.570. The zero-order valence-electron chi connectivity index (χ0n) is 8.61. The van der Waals surface area contributed by atoms with Crippen LogP contribution in [0.5, 0.6) is 0 Å². The highest BCUT2D eigenvalue weighted by molar-refractivity contribution is 5.96. The summed E-state index contributed by atoms with van der Waals surface area (Å²) in [4.78, 5) is 23.5. The second-order valence-electron chi connectivity index (χ2n) is 4.27. The van der Waals surface area contributed by atoms with Crippen LogP contribution in [-0.2, 0) is 9.53 Å². The number of carbonyl (C=O) groups is 2. The van der Waals surface area contributed by atoms with Crippen LogP contribution >= 0.6 is 0 Å². The van der Waals surface area contributed by atoms with E-state index in [1.54, 1.807) is 20.8 Å². The molecule has 0 unspecified atom stereocenters. The minimum atomic E-state index is -1.05. The predicted octanol–water partition coefficient (Wildman–Crippen LogP) is 0.515. The van der Waals surface area contributed by atoms with Gasteiger partial charge >= 0.3 is 6.09 Å². The van der Waals surface area contributed by atoms with E-state index in [4.69, 9.17) is 9.84 Å². The summed E-state index contributed by atoms with van der Waals surface area (Å²) in [6.07, 6.45) is -1.44. The van der Waals surface area contributed by atoms with E-state index in [0.717, 1.165) is 4.90 Å². The maximum atomic E-state index is 11.4. The van der Waals surface area contributed by atoms with Crippen LogP contribution < -0.4 is 0 Å². The molecule has 0 bridgehead atoms. The van der Waals surface area contributed by atoms with Crippen molar-refractivity contribution < 1.29 is 19.4 Å². The first-order valence-corrected chi connectivity index (χ1v) is 4.54. The Bertz CT molecular complexity index is 256. The first kappa shape index (κ1) is 11.0. The maximum absolute atomic E-state index is 11.4. The fraction of sp³-hybridized carbons (Fsp3) is 0.778. The molecule has 1 saturated heterocycles. The second kappa shape index (κ2) is 3.57. The van der Waals surface area contributed by atoms with Gasteiger partial charge in [-0.25, -0.2) is 9.69 Å². The average Bonchev–Trinajstić information content (AvgIpc) is 2.29. The third-order valence-corrected chi connectivity index (χ3v) is 1.79. The molecule has 1 rings (SSSR count). The molecular formula is C9H15NO4. The highest BCUT2D eigenvalue weighted by Crippen LogP contribution is 2.16. The van der Waals surface area contributed by atoms with Crippen LogP contribution in [0, 0.1) is 0 Å². The van der Waals surface area contributed by atoms with Gasteiger partial charge in [0.1, 0.15) is 11.7 Å². The number of hydrogen-bond donors (Lipinski definition) is 1. The molecule has 1 N–H and O–H groups in total. The Balaban J connectivity index is 2.59. The molecule has 1 aliphatic heterocycles. The second-order valence-corrected chi connectivity index (χ2v) is 4.27. The normalized spacial score (nSPS) is 22.7. The Morgan fingerprint density at radius 1 is 1.57 bits per heavy atom. The lowest BCUT2D eigenvalue weighted by molar-refractivity contribution is -0.133. The molecule has 2 amide bonds. The van der Waals surface area contributed by atoms with Gasteiger partial charge in [0.15, 0.2) is 0 Å². The van der Waals surface area contributed by atoms with E-state index < -0.39 is 23.7 Å². The van der Waals surface area contributed by atoms with Crippen molar-refractivity contribution in [1.82, 2.24) is 4.90 Å². The van der Waals surface area contributed by atoms with Gasteiger partial charge in [-0.2, -0.15) is 0 Å². The Labute approximate surface area is 82.6 Å². The van der Waals surface area contributed by atoms with Crippen molar-refractivity contribution in [2.24, 2.45) is 0 Å². The summed E-state index contributed by atoms with van der Waals surface area (Å²) in [6.45, 7) is 5.40. The Hall–Kier alpha value is -1.10. The van der Waals surface area contributed by atoms with E-state index >= 15 is 0 Å². The van der Waals surface area contributed by atoms with Crippen molar-refractivity contribution in [2.75, 3.05) is 6.54 Å². The van der Waals surface area contributed by atoms with Gasteiger partial charge in [0.2, 0.25) is 0 Å². The van der Waals surface area contributed by atoms with Crippen LogP contribution in [0.4, 0.5) is 4.79 Å². The molecule has 0 aromatic carbocycles. The Morgan fingerprint density at radius 3 is 2.50 bits per heavy atom. The molecule has 1 fully saturated rings. The van der Waals surface area contributed by atoms with E-state index in [1.165, 1.54) is 0 Å². The van der Waals surface area contributed by atoms with Crippen molar-refractivity contribution in [3.63, 3.8) is 0 Å². The SMILES string of the molecule is CC(C)(C)OC(=O)N1CC[C@@H](O)C1=O. The van der Waals surface area contributed by atoms with Crippen LogP contribution in [0.25, 0.3) is 0 Å². The van der Waals surface area contributed by atoms with Crippen LogP contribution in [-0.4, -0.2) is 40.3 Å². The van der Waals surface area contributed by atoms with Crippen LogP contribution in [0.15, 0.2) is 0 Å². The van der Waals surface area contributed by atoms with Gasteiger partial charge in [-0.15, -0.1) is 0 Å². The van der Waals surface area contributed by atoms with E-state index in [0.29, 0.717) is 0 Å². The number of hydrogen-bond acceptors (Lipinski definition) is 4. The summed E-state index contributed by atoms with van der Waals surface area (Å²) in [5.41, 5.74) is -0.620. The molecule has 0 aromatic rings. The lowest BCUT2D eigenvalue weighted by Crippen LogP contribution is -2.39. The van der Waals surface area contributed by atoms with Crippen molar-refractivity contribution in [2.45, 2.75) is 38.9 Å². The zero-order chi connectivity index (χ0) is 10.9. The number of amides is 2. The van der Waals surface area contributed by atoms with Crippen LogP contribution in [0.2, 0.25) is 0 Å². The fourth-order valence-corrected chi connectivity index (χ4v) is 1.16. The number of imide groups is 1. The first-order chi connectivity index (χ1) is 6.31. The summed E-state index contributed by atoms with van der Waals surface area (Å²) in [6, 6.07) is 0. The van der Waals surface area contributed by atoms with Crippen molar-refractivity contribution in [3.8, 4) is 0 Å². The third-order valence-electron chi connectivity index (χ3n) is 1.79. The molecule has 1 aliphatic rings. The van der Waals surface area contributed by atoms with E-state index in [9.17, 15) is 9.59 Å². The Morgan fingerprint density at radius 2 is 2.14 bits per heavy atom. The molecule has 0 spiro atoms. The zero-order valence-corrected chi connectivity index (χ0v) is 8.61. The third kappa shape index (κ3) is 2.45. The molecule has 14 heavy (non-hydrogen) atoms. The molecule has 5 nitrogen and oxygen atoms in total. The highest BCUT2D eigenvalue weighted by Gasteiger charge is 2.36. The molecule has 0 aliphatic carbocycles. The van der Waals surface area contributed by atoms with Gasteiger partial charge in [-0.05, 0) is 20.8 Å². The number of aliphatic hydroxyl groups excluding tert-OH is 1. The molecule has 0 saturated carbocycles. The number of carbonyl (C=O) groups excluding carboxylic acids is 2. The standard InChI is InChI=1S/C9H15NO4/c1-9(2,3)14-8(13)10-5-4-6(11)7(10)12/h6,11H,4-5H2,1-3H3/t6-/m1/s1. The minimum absolute atomic E-state index is 0.231. The van der Waals surface area contributed by atoms with Crippen molar-refractivity contribution >= 4 is 12.0 Å². The smallest absolute Gasteiger partial charge is 0.417 e. The van der Waals surface area contributed by atoms with Gasteiger partial charge in [0, 0.05) is 13.0 Å². The number of ether oxygens (including phenoxy) is 1. The maximum Gasteiger partial charge on any atom is 0.417 e. The van der Waals surface area contributed by atoms with Gasteiger partial charge in [0.05, 0.1) is 0 Å². The van der Waals surface area contributed by atoms with Crippen molar-refractivity contribution in [3.05, 3.63) is 0 Å². The molecule has 80 valence electrons. The largest absolute Gasteiger partial charge is 0.443 e. The quantitative estimate of drug-likeness (QED) is 0.620. The number of nitrogens with zero attached hydrogens (tertiary/aromatic N) is 1. The summed E-state index contributed by atoms with van der Waals surface area (Å²) in [7, 11) is 0. The molecule has 5 heteroatoms. The summed E-state index contributed by atoms with van der Waals surface area (Å²) in [5, 5.41) is 9.12. The van der Waals surface area contributed by atoms with Crippen molar-refractivity contribution in [1.29, 1.82) is 0 Å². The minimum Gasteiger partial charge on any atom is -0.443 e. The van der Waals surface area contributed by atoms with E-state index in [2.05, 4.69) is 0 Å². The summed E-state index contributed by atoms with van der Waals surface area (Å²) >= 11 is 0. The fourth-order valence-electron chi connectivity index (χ4n) is 1.16. The number of aliphatic hydroxyl groups is 1.